The van der Waals surface area contributed by atoms with Gasteiger partial charge in [-0.1, -0.05) is 17.7 Å². The third-order valence-electron chi connectivity index (χ3n) is 3.40. The maximum absolute atomic E-state index is 12.1. The molecule has 1 heterocycles. The Morgan fingerprint density at radius 2 is 2.20 bits per heavy atom. The summed E-state index contributed by atoms with van der Waals surface area (Å²) in [6, 6.07) is 5.34. The van der Waals surface area contributed by atoms with Crippen LogP contribution in [-0.2, 0) is 9.59 Å². The molecule has 4 nitrogen and oxygen atoms in total. The van der Waals surface area contributed by atoms with Crippen LogP contribution in [0, 0.1) is 6.92 Å². The second kappa shape index (κ2) is 6.50. The van der Waals surface area contributed by atoms with Gasteiger partial charge < -0.3 is 10.2 Å². The van der Waals surface area contributed by atoms with E-state index < -0.39 is 11.8 Å². The summed E-state index contributed by atoms with van der Waals surface area (Å²) in [4.78, 5) is 25.5. The first-order valence-electron chi connectivity index (χ1n) is 6.41. The Balaban J connectivity index is 1.99. The molecule has 0 radical (unpaired) electrons. The van der Waals surface area contributed by atoms with Crippen LogP contribution in [0.4, 0.5) is 5.69 Å². The highest BCUT2D eigenvalue weighted by Crippen LogP contribution is 2.22. The van der Waals surface area contributed by atoms with Gasteiger partial charge in [-0.25, -0.2) is 0 Å². The molecule has 20 heavy (non-hydrogen) atoms. The van der Waals surface area contributed by atoms with Gasteiger partial charge in [-0.2, -0.15) is 11.8 Å². The van der Waals surface area contributed by atoms with Crippen LogP contribution in [0.1, 0.15) is 12.0 Å². The molecule has 0 aromatic heterocycles. The molecule has 1 aliphatic rings. The summed E-state index contributed by atoms with van der Waals surface area (Å²) in [7, 11) is 1.68. The number of rotatable bonds is 2. The topological polar surface area (TPSA) is 49.4 Å². The highest BCUT2D eigenvalue weighted by molar-refractivity contribution is 7.99. The lowest BCUT2D eigenvalue weighted by Gasteiger charge is -2.23. The zero-order chi connectivity index (χ0) is 14.7. The number of carbonyl (C=O) groups excluding carboxylic acids is 2. The van der Waals surface area contributed by atoms with E-state index in [0.717, 1.165) is 23.5 Å². The van der Waals surface area contributed by atoms with Crippen LogP contribution < -0.4 is 5.32 Å². The van der Waals surface area contributed by atoms with Gasteiger partial charge >= 0.3 is 11.8 Å². The van der Waals surface area contributed by atoms with Crippen LogP contribution in [-0.4, -0.2) is 41.3 Å². The number of likely N-dealkylation sites (N-methyl/N-ethyl adjacent to an activating group) is 1. The van der Waals surface area contributed by atoms with Crippen molar-refractivity contribution in [3.8, 4) is 0 Å². The van der Waals surface area contributed by atoms with E-state index in [1.807, 2.05) is 6.92 Å². The minimum absolute atomic E-state index is 0.153. The fourth-order valence-electron chi connectivity index (χ4n) is 2.01. The number of amides is 2. The average Bonchev–Trinajstić information content (AvgIpc) is 2.95. The largest absolute Gasteiger partial charge is 0.334 e. The van der Waals surface area contributed by atoms with Crippen molar-refractivity contribution < 1.29 is 9.59 Å². The molecule has 0 spiro atoms. The molecule has 6 heteroatoms. The zero-order valence-corrected chi connectivity index (χ0v) is 13.1. The number of carbonyl (C=O) groups is 2. The lowest BCUT2D eigenvalue weighted by atomic mass is 10.2. The number of benzene rings is 1. The van der Waals surface area contributed by atoms with E-state index >= 15 is 0 Å². The lowest BCUT2D eigenvalue weighted by Crippen LogP contribution is -2.43. The van der Waals surface area contributed by atoms with Crippen LogP contribution in [0.25, 0.3) is 0 Å². The van der Waals surface area contributed by atoms with Gasteiger partial charge in [0, 0.05) is 29.6 Å². The summed E-state index contributed by atoms with van der Waals surface area (Å²) < 4.78 is 0. The Hall–Kier alpha value is -1.20. The van der Waals surface area contributed by atoms with Gasteiger partial charge in [-0.05, 0) is 36.8 Å². The number of anilines is 1. The van der Waals surface area contributed by atoms with E-state index in [9.17, 15) is 9.59 Å². The normalized spacial score (nSPS) is 17.9. The van der Waals surface area contributed by atoms with E-state index in [4.69, 9.17) is 11.6 Å². The second-order valence-corrected chi connectivity index (χ2v) is 6.41. The number of aryl methyl sites for hydroxylation is 1. The maximum atomic E-state index is 12.1. The van der Waals surface area contributed by atoms with Gasteiger partial charge in [0.05, 0.1) is 0 Å². The van der Waals surface area contributed by atoms with Crippen molar-refractivity contribution in [3.63, 3.8) is 0 Å². The predicted octanol–water partition coefficient (Wildman–Crippen LogP) is 2.55. The average molecular weight is 313 g/mol. The molecule has 1 aromatic carbocycles. The van der Waals surface area contributed by atoms with Gasteiger partial charge in [-0.3, -0.25) is 9.59 Å². The third kappa shape index (κ3) is 3.46. The molecule has 1 atom stereocenters. The molecule has 1 aromatic rings. The zero-order valence-electron chi connectivity index (χ0n) is 11.5. The third-order valence-corrected chi connectivity index (χ3v) is 4.95. The van der Waals surface area contributed by atoms with E-state index in [0.29, 0.717) is 10.7 Å². The number of hydrogen-bond acceptors (Lipinski definition) is 3. The van der Waals surface area contributed by atoms with Crippen LogP contribution in [0.3, 0.4) is 0 Å². The van der Waals surface area contributed by atoms with Crippen molar-refractivity contribution in [3.05, 3.63) is 28.8 Å². The van der Waals surface area contributed by atoms with E-state index in [2.05, 4.69) is 5.32 Å². The summed E-state index contributed by atoms with van der Waals surface area (Å²) in [6.45, 7) is 1.88. The van der Waals surface area contributed by atoms with Crippen molar-refractivity contribution in [1.29, 1.82) is 0 Å². The Morgan fingerprint density at radius 1 is 1.45 bits per heavy atom. The smallest absolute Gasteiger partial charge is 0.313 e. The summed E-state index contributed by atoms with van der Waals surface area (Å²) in [6.07, 6.45) is 0.941. The second-order valence-electron chi connectivity index (χ2n) is 4.85. The van der Waals surface area contributed by atoms with Crippen LogP contribution >= 0.6 is 23.4 Å². The van der Waals surface area contributed by atoms with Crippen molar-refractivity contribution >= 4 is 40.9 Å². The number of hydrogen-bond donors (Lipinski definition) is 1. The molecule has 2 rings (SSSR count). The predicted molar refractivity (Wildman–Crippen MR) is 83.3 cm³/mol. The molecule has 0 aliphatic carbocycles. The van der Waals surface area contributed by atoms with Crippen molar-refractivity contribution in [2.24, 2.45) is 0 Å². The van der Waals surface area contributed by atoms with Crippen LogP contribution in [0.5, 0.6) is 0 Å². The van der Waals surface area contributed by atoms with Gasteiger partial charge in [0.2, 0.25) is 0 Å². The number of nitrogens with zero attached hydrogens (tertiary/aromatic N) is 1. The molecule has 1 aliphatic heterocycles. The van der Waals surface area contributed by atoms with Crippen LogP contribution in [0.2, 0.25) is 5.02 Å². The van der Waals surface area contributed by atoms with Crippen molar-refractivity contribution in [1.82, 2.24) is 4.90 Å². The molecular weight excluding hydrogens is 296 g/mol. The summed E-state index contributed by atoms with van der Waals surface area (Å²) in [5, 5.41) is 3.16. The first kappa shape index (κ1) is 15.2. The number of thioether (sulfide) groups is 1. The van der Waals surface area contributed by atoms with E-state index in [-0.39, 0.29) is 6.04 Å². The summed E-state index contributed by atoms with van der Waals surface area (Å²) in [5.74, 6) is 0.808. The fraction of sp³-hybridized carbons (Fsp3) is 0.429. The molecular formula is C14H17ClN2O2S. The standard InChI is InChI=1S/C14H17ClN2O2S/c1-9-3-4-10(7-12(9)15)16-13(18)14(19)17(2)11-5-6-20-8-11/h3-4,7,11H,5-6,8H2,1-2H3,(H,16,18)/t11-/m0/s1. The minimum atomic E-state index is -0.621. The minimum Gasteiger partial charge on any atom is -0.334 e. The Morgan fingerprint density at radius 3 is 2.80 bits per heavy atom. The Kier molecular flexibility index (Phi) is 4.94. The Labute approximate surface area is 127 Å². The fourth-order valence-corrected chi connectivity index (χ4v) is 3.46. The van der Waals surface area contributed by atoms with E-state index in [1.165, 1.54) is 4.90 Å². The molecule has 1 fully saturated rings. The quantitative estimate of drug-likeness (QED) is 0.854. The maximum Gasteiger partial charge on any atom is 0.313 e. The van der Waals surface area contributed by atoms with Crippen molar-refractivity contribution in [2.75, 3.05) is 23.9 Å². The SMILES string of the molecule is Cc1ccc(NC(=O)C(=O)N(C)[C@H]2CCSC2)cc1Cl. The van der Waals surface area contributed by atoms with Crippen molar-refractivity contribution in [2.45, 2.75) is 19.4 Å². The molecule has 0 unspecified atom stereocenters. The van der Waals surface area contributed by atoms with Gasteiger partial charge in [0.25, 0.3) is 0 Å². The van der Waals surface area contributed by atoms with Crippen LogP contribution in [0.15, 0.2) is 18.2 Å². The first-order valence-corrected chi connectivity index (χ1v) is 7.94. The van der Waals surface area contributed by atoms with Gasteiger partial charge in [0.1, 0.15) is 0 Å². The number of nitrogens with one attached hydrogen (secondary N) is 1. The molecule has 1 saturated heterocycles. The molecule has 2 amide bonds. The molecule has 0 bridgehead atoms. The Bertz CT molecular complexity index is 530. The molecule has 0 saturated carbocycles. The summed E-state index contributed by atoms with van der Waals surface area (Å²) in [5.41, 5.74) is 1.46. The monoisotopic (exact) mass is 312 g/mol. The number of halogens is 1. The lowest BCUT2D eigenvalue weighted by molar-refractivity contribution is -0.143. The van der Waals surface area contributed by atoms with Gasteiger partial charge in [0.15, 0.2) is 0 Å². The van der Waals surface area contributed by atoms with Gasteiger partial charge in [-0.15, -0.1) is 0 Å². The highest BCUT2D eigenvalue weighted by atomic mass is 35.5. The summed E-state index contributed by atoms with van der Waals surface area (Å²) >= 11 is 7.80. The first-order chi connectivity index (χ1) is 9.49. The highest BCUT2D eigenvalue weighted by Gasteiger charge is 2.27. The van der Waals surface area contributed by atoms with E-state index in [1.54, 1.807) is 37.0 Å². The molecule has 1 N–H and O–H groups in total. The molecule has 108 valence electrons.